The first-order valence-corrected chi connectivity index (χ1v) is 29.2. The molecule has 0 heteroatoms. The van der Waals surface area contributed by atoms with Gasteiger partial charge in [0.2, 0.25) is 0 Å². The van der Waals surface area contributed by atoms with E-state index >= 15 is 0 Å². The normalized spacial score (nSPS) is 23.1. The second-order valence-electron chi connectivity index (χ2n) is 26.1. The van der Waals surface area contributed by atoms with Crippen molar-refractivity contribution in [3.05, 3.63) is 203 Å². The van der Waals surface area contributed by atoms with Crippen molar-refractivity contribution in [2.24, 2.45) is 21.7 Å². The number of aryl methyl sites for hydroxylation is 1. The summed E-state index contributed by atoms with van der Waals surface area (Å²) >= 11 is 0. The molecule has 396 valence electrons. The summed E-state index contributed by atoms with van der Waals surface area (Å²) in [4.78, 5) is 0. The van der Waals surface area contributed by atoms with Crippen LogP contribution in [0.4, 0.5) is 0 Å². The fourth-order valence-corrected chi connectivity index (χ4v) is 12.5. The Morgan fingerprint density at radius 3 is 1.16 bits per heavy atom. The van der Waals surface area contributed by atoms with E-state index in [2.05, 4.69) is 256 Å². The minimum Gasteiger partial charge on any atom is -0.0993 e. The predicted molar refractivity (Wildman–Crippen MR) is 328 cm³/mol. The second kappa shape index (κ2) is 24.4. The average Bonchev–Trinajstić information content (AvgIpc) is 4.29. The molecule has 0 heterocycles. The van der Waals surface area contributed by atoms with Crippen LogP contribution in [0.25, 0.3) is 22.3 Å². The molecule has 7 aliphatic rings. The SMILES string of the molecule is C=C1CCCC1(C)C.C=C1CCCC1(C)CC.CC1(C)C=CCC1.CC1(C)CCc2ccccc21.CC1(C)c2ccccc2-c2ccccc21.CCC1(C)C=CCC1.CCC1(C)c2ccccc2-c2ccccc21. The minimum atomic E-state index is 0.160. The molecule has 0 radical (unpaired) electrons. The Bertz CT molecular complexity index is 2630. The lowest BCUT2D eigenvalue weighted by atomic mass is 9.78. The molecule has 0 amide bonds. The minimum absolute atomic E-state index is 0.160. The number of hydrogen-bond acceptors (Lipinski definition) is 0. The van der Waals surface area contributed by atoms with E-state index in [4.69, 9.17) is 0 Å². The van der Waals surface area contributed by atoms with E-state index in [-0.39, 0.29) is 10.8 Å². The van der Waals surface area contributed by atoms with Crippen LogP contribution in [0, 0.1) is 21.7 Å². The van der Waals surface area contributed by atoms with Gasteiger partial charge in [-0.25, -0.2) is 0 Å². The molecule has 2 atom stereocenters. The lowest BCUT2D eigenvalue weighted by Gasteiger charge is -2.25. The van der Waals surface area contributed by atoms with E-state index in [1.807, 2.05) is 0 Å². The molecule has 74 heavy (non-hydrogen) atoms. The maximum absolute atomic E-state index is 4.08. The molecular formula is C74H100. The first-order valence-electron chi connectivity index (χ1n) is 29.2. The highest BCUT2D eigenvalue weighted by Gasteiger charge is 2.38. The Morgan fingerprint density at radius 1 is 0.392 bits per heavy atom. The number of benzene rings is 5. The van der Waals surface area contributed by atoms with Crippen LogP contribution in [0.5, 0.6) is 0 Å². The number of allylic oxidation sites excluding steroid dienone is 6. The molecule has 2 fully saturated rings. The van der Waals surface area contributed by atoms with Crippen molar-refractivity contribution in [3.8, 4) is 22.3 Å². The highest BCUT2D eigenvalue weighted by molar-refractivity contribution is 5.81. The maximum atomic E-state index is 4.08. The maximum Gasteiger partial charge on any atom is 0.0184 e. The van der Waals surface area contributed by atoms with E-state index in [0.717, 1.165) is 6.42 Å². The second-order valence-corrected chi connectivity index (χ2v) is 26.1. The van der Waals surface area contributed by atoms with Crippen LogP contribution in [0.3, 0.4) is 0 Å². The zero-order chi connectivity index (χ0) is 54.0. The predicted octanol–water partition coefficient (Wildman–Crippen LogP) is 22.3. The summed E-state index contributed by atoms with van der Waals surface area (Å²) in [5.41, 5.74) is 20.4. The van der Waals surface area contributed by atoms with Gasteiger partial charge in [0.25, 0.3) is 0 Å². The van der Waals surface area contributed by atoms with Gasteiger partial charge in [0, 0.05) is 10.8 Å². The highest BCUT2D eigenvalue weighted by Crippen LogP contribution is 2.51. The molecule has 5 aromatic carbocycles. The van der Waals surface area contributed by atoms with E-state index in [9.17, 15) is 0 Å². The fraction of sp³-hybridized carbons (Fsp3) is 0.486. The average molecular weight is 990 g/mol. The quantitative estimate of drug-likeness (QED) is 0.158. The van der Waals surface area contributed by atoms with Crippen molar-refractivity contribution in [1.29, 1.82) is 0 Å². The first-order chi connectivity index (χ1) is 35.0. The molecule has 0 spiro atoms. The van der Waals surface area contributed by atoms with Crippen LogP contribution in [-0.4, -0.2) is 0 Å². The van der Waals surface area contributed by atoms with Crippen molar-refractivity contribution in [3.63, 3.8) is 0 Å². The van der Waals surface area contributed by atoms with Crippen LogP contribution >= 0.6 is 0 Å². The fourth-order valence-electron chi connectivity index (χ4n) is 12.5. The molecule has 12 rings (SSSR count). The van der Waals surface area contributed by atoms with E-state index < -0.39 is 0 Å². The number of rotatable bonds is 3. The first kappa shape index (κ1) is 58.3. The van der Waals surface area contributed by atoms with E-state index in [1.165, 1.54) is 146 Å². The van der Waals surface area contributed by atoms with Gasteiger partial charge in [0.1, 0.15) is 0 Å². The summed E-state index contributed by atoms with van der Waals surface area (Å²) in [5, 5.41) is 0. The third-order valence-corrected chi connectivity index (χ3v) is 19.1. The van der Waals surface area contributed by atoms with Gasteiger partial charge in [-0.15, -0.1) is 0 Å². The van der Waals surface area contributed by atoms with Gasteiger partial charge in [-0.3, -0.25) is 0 Å². The van der Waals surface area contributed by atoms with Gasteiger partial charge in [-0.1, -0.05) is 267 Å². The third kappa shape index (κ3) is 13.5. The lowest BCUT2D eigenvalue weighted by Crippen LogP contribution is -2.18. The lowest BCUT2D eigenvalue weighted by molar-refractivity contribution is 0.396. The molecule has 0 aromatic heterocycles. The Balaban J connectivity index is 0.000000144. The van der Waals surface area contributed by atoms with E-state index in [0.29, 0.717) is 27.1 Å². The van der Waals surface area contributed by atoms with Crippen molar-refractivity contribution in [2.45, 2.75) is 209 Å². The van der Waals surface area contributed by atoms with Crippen molar-refractivity contribution in [1.82, 2.24) is 0 Å². The van der Waals surface area contributed by atoms with Crippen LogP contribution in [0.2, 0.25) is 0 Å². The van der Waals surface area contributed by atoms with Crippen LogP contribution in [0.1, 0.15) is 220 Å². The molecule has 5 aromatic rings. The van der Waals surface area contributed by atoms with Gasteiger partial charge in [-0.2, -0.15) is 0 Å². The summed E-state index contributed by atoms with van der Waals surface area (Å²) in [7, 11) is 0. The molecule has 2 saturated carbocycles. The Morgan fingerprint density at radius 2 is 0.838 bits per heavy atom. The summed E-state index contributed by atoms with van der Waals surface area (Å²) in [6.45, 7) is 40.3. The third-order valence-electron chi connectivity index (χ3n) is 19.1. The molecular weight excluding hydrogens is 889 g/mol. The molecule has 0 N–H and O–H groups in total. The molecule has 2 unspecified atom stereocenters. The van der Waals surface area contributed by atoms with Gasteiger partial charge < -0.3 is 0 Å². The smallest absolute Gasteiger partial charge is 0.0184 e. The number of fused-ring (bicyclic) bond motifs is 7. The Labute approximate surface area is 454 Å². The van der Waals surface area contributed by atoms with Crippen molar-refractivity contribution >= 4 is 0 Å². The van der Waals surface area contributed by atoms with Crippen molar-refractivity contribution in [2.75, 3.05) is 0 Å². The van der Waals surface area contributed by atoms with Gasteiger partial charge in [-0.05, 0) is 179 Å². The van der Waals surface area contributed by atoms with Crippen molar-refractivity contribution < 1.29 is 0 Å². The summed E-state index contributed by atoms with van der Waals surface area (Å²) in [5.74, 6) is 0. The Hall–Kier alpha value is -4.94. The molecule has 0 aliphatic heterocycles. The summed E-state index contributed by atoms with van der Waals surface area (Å²) < 4.78 is 0. The highest BCUT2D eigenvalue weighted by atomic mass is 14.4. The van der Waals surface area contributed by atoms with Crippen LogP contribution in [0.15, 0.2) is 170 Å². The summed E-state index contributed by atoms with van der Waals surface area (Å²) in [6.07, 6.45) is 28.7. The van der Waals surface area contributed by atoms with Gasteiger partial charge >= 0.3 is 0 Å². The van der Waals surface area contributed by atoms with Crippen LogP contribution in [-0.2, 0) is 22.7 Å². The Kier molecular flexibility index (Phi) is 19.2. The molecule has 0 bridgehead atoms. The molecule has 7 aliphatic carbocycles. The molecule has 0 saturated heterocycles. The number of hydrogen-bond donors (Lipinski definition) is 0. The standard InChI is InChI=1S/C16H16.C15H14.C11H14.C9H16.2C8H14.C7H12/c1-3-16(2)14-10-6-4-8-12(14)13-9-5-7-11-15(13)16;1-15(2)13-9-5-3-7-11(13)12-8-4-6-10-14(12)15;1-11(2)8-7-9-5-3-4-6-10(9)11;1-4-9(3)7-5-6-8(9)2;1-7-5-4-6-8(7,2)3;1-3-8(2)6-4-5-7-8;1-7(2)5-3-4-6-7/h4-11H,3H2,1-2H3;3-10H,1-2H3;3-6H,7-8H2,1-2H3;2,4-7H2,1,3H3;1,4-6H2,2-3H3;4,6H,3,5,7H2,1-2H3;3,5H,4,6H2,1-2H3. The zero-order valence-corrected chi connectivity index (χ0v) is 49.4. The van der Waals surface area contributed by atoms with Gasteiger partial charge in [0.05, 0.1) is 0 Å². The van der Waals surface area contributed by atoms with Gasteiger partial charge in [0.15, 0.2) is 0 Å². The topological polar surface area (TPSA) is 0 Å². The van der Waals surface area contributed by atoms with E-state index in [1.54, 1.807) is 11.1 Å². The largest absolute Gasteiger partial charge is 0.0993 e. The summed E-state index contributed by atoms with van der Waals surface area (Å²) in [6, 6.07) is 43.9. The molecule has 0 nitrogen and oxygen atoms in total. The monoisotopic (exact) mass is 989 g/mol. The van der Waals surface area contributed by atoms with Crippen LogP contribution < -0.4 is 0 Å². The zero-order valence-electron chi connectivity index (χ0n) is 49.4.